The molecule has 8 heteroatoms. The summed E-state index contributed by atoms with van der Waals surface area (Å²) in [6.07, 6.45) is 3.40. The summed E-state index contributed by atoms with van der Waals surface area (Å²) in [5.74, 6) is 0.217. The Balaban J connectivity index is 1.78. The maximum absolute atomic E-state index is 13.0. The average Bonchev–Trinajstić information content (AvgIpc) is 3.08. The van der Waals surface area contributed by atoms with Gasteiger partial charge >= 0.3 is 0 Å². The predicted molar refractivity (Wildman–Crippen MR) is 114 cm³/mol. The summed E-state index contributed by atoms with van der Waals surface area (Å²) in [7, 11) is 3.81. The normalized spacial score (nSPS) is 17.2. The summed E-state index contributed by atoms with van der Waals surface area (Å²) >= 11 is 0. The minimum absolute atomic E-state index is 0.0820. The standard InChI is InChI=1S/C21H32N6O2/c1-14(2)19-11-18(23-25(19)6)21(29)26-9-7-8-16(13-26)27-20(28)10-17(12-22-27)24(5)15(3)4/h10-12,14-16H,7-9,13H2,1-6H3. The zero-order valence-corrected chi connectivity index (χ0v) is 18.3. The van der Waals surface area contributed by atoms with Crippen molar-refractivity contribution in [3.05, 3.63) is 40.1 Å². The first-order valence-corrected chi connectivity index (χ1v) is 10.3. The quantitative estimate of drug-likeness (QED) is 0.770. The fraction of sp³-hybridized carbons (Fsp3) is 0.619. The second kappa shape index (κ2) is 8.39. The topological polar surface area (TPSA) is 76.3 Å². The van der Waals surface area contributed by atoms with E-state index in [4.69, 9.17) is 0 Å². The SMILES string of the molecule is CC(C)c1cc(C(=O)N2CCCC(n3ncc(N(C)C(C)C)cc3=O)C2)nn1C. The Labute approximate surface area is 172 Å². The van der Waals surface area contributed by atoms with Crippen LogP contribution in [0.25, 0.3) is 0 Å². The number of aryl methyl sites for hydroxylation is 1. The van der Waals surface area contributed by atoms with E-state index in [2.05, 4.69) is 37.9 Å². The van der Waals surface area contributed by atoms with E-state index in [-0.39, 0.29) is 23.6 Å². The van der Waals surface area contributed by atoms with Crippen molar-refractivity contribution in [2.75, 3.05) is 25.0 Å². The molecule has 0 radical (unpaired) electrons. The van der Waals surface area contributed by atoms with Gasteiger partial charge in [-0.2, -0.15) is 10.2 Å². The lowest BCUT2D eigenvalue weighted by Gasteiger charge is -2.33. The molecule has 3 rings (SSSR count). The number of hydrogen-bond acceptors (Lipinski definition) is 5. The molecule has 1 aliphatic rings. The first kappa shape index (κ1) is 21.1. The fourth-order valence-electron chi connectivity index (χ4n) is 3.80. The summed E-state index contributed by atoms with van der Waals surface area (Å²) in [5.41, 5.74) is 2.17. The molecule has 1 fully saturated rings. The zero-order chi connectivity index (χ0) is 21.3. The molecule has 1 aliphatic heterocycles. The lowest BCUT2D eigenvalue weighted by molar-refractivity contribution is 0.0663. The molecule has 0 bridgehead atoms. The highest BCUT2D eigenvalue weighted by Gasteiger charge is 2.28. The number of nitrogens with zero attached hydrogens (tertiary/aromatic N) is 6. The first-order valence-electron chi connectivity index (χ1n) is 10.3. The largest absolute Gasteiger partial charge is 0.371 e. The van der Waals surface area contributed by atoms with Crippen LogP contribution in [0.5, 0.6) is 0 Å². The Morgan fingerprint density at radius 2 is 1.97 bits per heavy atom. The Morgan fingerprint density at radius 1 is 1.24 bits per heavy atom. The second-order valence-electron chi connectivity index (χ2n) is 8.48. The van der Waals surface area contributed by atoms with Gasteiger partial charge in [0.1, 0.15) is 0 Å². The number of amides is 1. The summed E-state index contributed by atoms with van der Waals surface area (Å²) < 4.78 is 3.30. The van der Waals surface area contributed by atoms with Gasteiger partial charge in [-0.3, -0.25) is 14.3 Å². The van der Waals surface area contributed by atoms with E-state index >= 15 is 0 Å². The molecule has 0 spiro atoms. The van der Waals surface area contributed by atoms with E-state index in [9.17, 15) is 9.59 Å². The monoisotopic (exact) mass is 400 g/mol. The minimum atomic E-state index is -0.130. The number of hydrogen-bond donors (Lipinski definition) is 0. The van der Waals surface area contributed by atoms with Crippen LogP contribution in [0.2, 0.25) is 0 Å². The van der Waals surface area contributed by atoms with Gasteiger partial charge in [-0.25, -0.2) is 4.68 Å². The number of carbonyl (C=O) groups excluding carboxylic acids is 1. The van der Waals surface area contributed by atoms with Crippen LogP contribution >= 0.6 is 0 Å². The Kier molecular flexibility index (Phi) is 6.10. The molecule has 158 valence electrons. The molecule has 1 atom stereocenters. The van der Waals surface area contributed by atoms with Gasteiger partial charge in [0.05, 0.1) is 17.9 Å². The summed E-state index contributed by atoms with van der Waals surface area (Å²) in [6, 6.07) is 3.66. The van der Waals surface area contributed by atoms with Gasteiger partial charge in [-0.15, -0.1) is 0 Å². The molecule has 1 amide bonds. The summed E-state index contributed by atoms with van der Waals surface area (Å²) in [4.78, 5) is 29.5. The van der Waals surface area contributed by atoms with Crippen LogP contribution in [0.3, 0.4) is 0 Å². The Hall–Kier alpha value is -2.64. The Bertz CT molecular complexity index is 929. The molecule has 8 nitrogen and oxygen atoms in total. The van der Waals surface area contributed by atoms with Gasteiger partial charge in [0, 0.05) is 45.0 Å². The minimum Gasteiger partial charge on any atom is -0.371 e. The van der Waals surface area contributed by atoms with Crippen molar-refractivity contribution < 1.29 is 4.79 Å². The molecule has 0 N–H and O–H groups in total. The number of aromatic nitrogens is 4. The highest BCUT2D eigenvalue weighted by molar-refractivity contribution is 5.92. The number of anilines is 1. The van der Waals surface area contributed by atoms with E-state index in [1.165, 1.54) is 4.68 Å². The first-order chi connectivity index (χ1) is 13.7. The molecule has 0 saturated carbocycles. The third-order valence-electron chi connectivity index (χ3n) is 5.75. The molecular weight excluding hydrogens is 368 g/mol. The third-order valence-corrected chi connectivity index (χ3v) is 5.75. The van der Waals surface area contributed by atoms with Crippen molar-refractivity contribution >= 4 is 11.6 Å². The maximum atomic E-state index is 13.0. The van der Waals surface area contributed by atoms with Crippen molar-refractivity contribution in [3.8, 4) is 0 Å². The van der Waals surface area contributed by atoms with Crippen LogP contribution < -0.4 is 10.5 Å². The summed E-state index contributed by atoms with van der Waals surface area (Å²) in [5, 5.41) is 8.82. The van der Waals surface area contributed by atoms with E-state index in [0.717, 1.165) is 24.2 Å². The lowest BCUT2D eigenvalue weighted by Crippen LogP contribution is -2.43. The Morgan fingerprint density at radius 3 is 2.55 bits per heavy atom. The second-order valence-corrected chi connectivity index (χ2v) is 8.48. The fourth-order valence-corrected chi connectivity index (χ4v) is 3.80. The molecule has 29 heavy (non-hydrogen) atoms. The van der Waals surface area contributed by atoms with Gasteiger partial charge in [0.15, 0.2) is 5.69 Å². The van der Waals surface area contributed by atoms with Crippen molar-refractivity contribution in [2.24, 2.45) is 7.05 Å². The van der Waals surface area contributed by atoms with E-state index in [1.54, 1.807) is 21.8 Å². The van der Waals surface area contributed by atoms with Crippen LogP contribution in [0.1, 0.15) is 68.7 Å². The van der Waals surface area contributed by atoms with Crippen molar-refractivity contribution in [2.45, 2.75) is 58.5 Å². The lowest BCUT2D eigenvalue weighted by atomic mass is 10.0. The average molecular weight is 401 g/mol. The highest BCUT2D eigenvalue weighted by Crippen LogP contribution is 2.23. The van der Waals surface area contributed by atoms with Crippen LogP contribution in [0.4, 0.5) is 5.69 Å². The van der Waals surface area contributed by atoms with Crippen LogP contribution in [0.15, 0.2) is 23.1 Å². The maximum Gasteiger partial charge on any atom is 0.274 e. The third kappa shape index (κ3) is 4.36. The van der Waals surface area contributed by atoms with Gasteiger partial charge < -0.3 is 9.80 Å². The van der Waals surface area contributed by atoms with Crippen molar-refractivity contribution in [1.82, 2.24) is 24.5 Å². The number of carbonyl (C=O) groups is 1. The highest BCUT2D eigenvalue weighted by atomic mass is 16.2. The van der Waals surface area contributed by atoms with E-state index < -0.39 is 0 Å². The molecular formula is C21H32N6O2. The molecule has 1 unspecified atom stereocenters. The number of likely N-dealkylation sites (tertiary alicyclic amines) is 1. The van der Waals surface area contributed by atoms with Crippen molar-refractivity contribution in [1.29, 1.82) is 0 Å². The van der Waals surface area contributed by atoms with Gasteiger partial charge in [0.25, 0.3) is 11.5 Å². The van der Waals surface area contributed by atoms with Gasteiger partial charge in [0.2, 0.25) is 0 Å². The number of piperidine rings is 1. The van der Waals surface area contributed by atoms with Gasteiger partial charge in [-0.05, 0) is 38.7 Å². The van der Waals surface area contributed by atoms with E-state index in [0.29, 0.717) is 24.7 Å². The van der Waals surface area contributed by atoms with Crippen LogP contribution in [0, 0.1) is 0 Å². The number of rotatable bonds is 5. The summed E-state index contributed by atoms with van der Waals surface area (Å²) in [6.45, 7) is 9.45. The molecule has 3 heterocycles. The molecule has 0 aromatic carbocycles. The van der Waals surface area contributed by atoms with Crippen LogP contribution in [-0.2, 0) is 7.05 Å². The molecule has 0 aliphatic carbocycles. The smallest absolute Gasteiger partial charge is 0.274 e. The molecule has 2 aromatic heterocycles. The van der Waals surface area contributed by atoms with Gasteiger partial charge in [-0.1, -0.05) is 13.8 Å². The van der Waals surface area contributed by atoms with Crippen molar-refractivity contribution in [3.63, 3.8) is 0 Å². The predicted octanol–water partition coefficient (Wildman–Crippen LogP) is 2.42. The molecule has 2 aromatic rings. The van der Waals surface area contributed by atoms with E-state index in [1.807, 2.05) is 25.1 Å². The molecule has 1 saturated heterocycles. The zero-order valence-electron chi connectivity index (χ0n) is 18.3. The van der Waals surface area contributed by atoms with Crippen LogP contribution in [-0.4, -0.2) is 56.5 Å².